The third kappa shape index (κ3) is 5.89. The van der Waals surface area contributed by atoms with Crippen molar-refractivity contribution in [2.24, 2.45) is 0 Å². The van der Waals surface area contributed by atoms with Crippen molar-refractivity contribution in [3.05, 3.63) is 29.8 Å². The Bertz CT molecular complexity index is 369. The van der Waals surface area contributed by atoms with Crippen molar-refractivity contribution in [1.29, 1.82) is 0 Å². The van der Waals surface area contributed by atoms with Gasteiger partial charge in [-0.3, -0.25) is 0 Å². The summed E-state index contributed by atoms with van der Waals surface area (Å²) in [6.07, 6.45) is 0.836. The van der Waals surface area contributed by atoms with Crippen molar-refractivity contribution in [3.8, 4) is 5.75 Å². The molecule has 0 N–H and O–H groups in total. The van der Waals surface area contributed by atoms with E-state index >= 15 is 0 Å². The largest absolute Gasteiger partial charge is 1.00 e. The molecule has 0 radical (unpaired) electrons. The molecular formula is C13H19ClNO3-. The smallest absolute Gasteiger partial charge is 0.338 e. The zero-order valence-corrected chi connectivity index (χ0v) is 11.7. The topological polar surface area (TPSA) is 38.8 Å². The monoisotopic (exact) mass is 272 g/mol. The number of hydrogen-bond donors (Lipinski definition) is 0. The van der Waals surface area contributed by atoms with Gasteiger partial charge in [-0.1, -0.05) is 6.07 Å². The Kier molecular flexibility index (Phi) is 8.16. The van der Waals surface area contributed by atoms with Crippen LogP contribution in [0, 0.1) is 0 Å². The van der Waals surface area contributed by atoms with E-state index in [1.54, 1.807) is 31.4 Å². The van der Waals surface area contributed by atoms with E-state index in [1.165, 1.54) is 0 Å². The zero-order chi connectivity index (χ0) is 12.7. The summed E-state index contributed by atoms with van der Waals surface area (Å²) in [4.78, 5) is 13.7. The number of nitrogens with zero attached hydrogens (tertiary/aromatic N) is 1. The minimum absolute atomic E-state index is 0. The summed E-state index contributed by atoms with van der Waals surface area (Å²) >= 11 is 0. The lowest BCUT2D eigenvalue weighted by molar-refractivity contribution is -0.0000221. The second kappa shape index (κ2) is 8.78. The van der Waals surface area contributed by atoms with Crippen molar-refractivity contribution >= 4 is 5.97 Å². The van der Waals surface area contributed by atoms with Crippen molar-refractivity contribution in [3.63, 3.8) is 0 Å². The molecule has 0 unspecified atom stereocenters. The highest BCUT2D eigenvalue weighted by atomic mass is 35.5. The van der Waals surface area contributed by atoms with E-state index in [2.05, 4.69) is 4.90 Å². The van der Waals surface area contributed by atoms with Crippen molar-refractivity contribution in [2.45, 2.75) is 6.42 Å². The maximum Gasteiger partial charge on any atom is 0.338 e. The quantitative estimate of drug-likeness (QED) is 0.482. The summed E-state index contributed by atoms with van der Waals surface area (Å²) < 4.78 is 10.2. The predicted octanol–water partition coefficient (Wildman–Crippen LogP) is -1.19. The van der Waals surface area contributed by atoms with Gasteiger partial charge in [0.25, 0.3) is 0 Å². The molecule has 0 aliphatic carbocycles. The van der Waals surface area contributed by atoms with Crippen LogP contribution in [-0.4, -0.2) is 45.2 Å². The Balaban J connectivity index is 0.00000289. The molecule has 0 fully saturated rings. The highest BCUT2D eigenvalue weighted by Crippen LogP contribution is 2.13. The second-order valence-electron chi connectivity index (χ2n) is 4.02. The molecule has 0 atom stereocenters. The molecule has 1 aromatic carbocycles. The minimum atomic E-state index is -0.303. The molecule has 0 spiro atoms. The lowest BCUT2D eigenvalue weighted by Gasteiger charge is -2.09. The number of esters is 1. The highest BCUT2D eigenvalue weighted by Gasteiger charge is 2.07. The SMILES string of the molecule is COc1cccc(C(=O)OCCCN(C)C)c1.[Cl-]. The fourth-order valence-electron chi connectivity index (χ4n) is 1.38. The average Bonchev–Trinajstić information content (AvgIpc) is 2.34. The van der Waals surface area contributed by atoms with Crippen molar-refractivity contribution in [1.82, 2.24) is 4.90 Å². The molecule has 0 bridgehead atoms. The van der Waals surface area contributed by atoms with E-state index in [-0.39, 0.29) is 18.4 Å². The predicted molar refractivity (Wildman–Crippen MR) is 66.4 cm³/mol. The van der Waals surface area contributed by atoms with Gasteiger partial charge in [0.1, 0.15) is 5.75 Å². The molecule has 0 heterocycles. The lowest BCUT2D eigenvalue weighted by Crippen LogP contribution is -3.00. The first-order valence-electron chi connectivity index (χ1n) is 5.59. The van der Waals surface area contributed by atoms with Gasteiger partial charge < -0.3 is 26.8 Å². The minimum Gasteiger partial charge on any atom is -1.00 e. The maximum absolute atomic E-state index is 11.7. The lowest BCUT2D eigenvalue weighted by atomic mass is 10.2. The number of carbonyl (C=O) groups excluding carboxylic acids is 1. The van der Waals surface area contributed by atoms with Crippen LogP contribution in [0.3, 0.4) is 0 Å². The molecule has 1 rings (SSSR count). The molecule has 4 nitrogen and oxygen atoms in total. The van der Waals surface area contributed by atoms with Gasteiger partial charge in [0.15, 0.2) is 0 Å². The molecule has 102 valence electrons. The molecule has 0 amide bonds. The third-order valence-corrected chi connectivity index (χ3v) is 2.29. The Hall–Kier alpha value is -1.26. The van der Waals surface area contributed by atoms with E-state index in [1.807, 2.05) is 14.1 Å². The highest BCUT2D eigenvalue weighted by molar-refractivity contribution is 5.89. The van der Waals surface area contributed by atoms with E-state index in [0.29, 0.717) is 17.9 Å². The molecule has 0 aromatic heterocycles. The summed E-state index contributed by atoms with van der Waals surface area (Å²) in [5.74, 6) is 0.357. The number of ether oxygens (including phenoxy) is 2. The van der Waals surface area contributed by atoms with Crippen molar-refractivity contribution in [2.75, 3.05) is 34.4 Å². The Morgan fingerprint density at radius 2 is 2.06 bits per heavy atom. The van der Waals surface area contributed by atoms with Crippen LogP contribution < -0.4 is 17.1 Å². The second-order valence-corrected chi connectivity index (χ2v) is 4.02. The molecule has 0 saturated heterocycles. The van der Waals surface area contributed by atoms with Gasteiger partial charge in [-0.05, 0) is 38.7 Å². The van der Waals surface area contributed by atoms with Crippen LogP contribution in [-0.2, 0) is 4.74 Å². The first-order valence-corrected chi connectivity index (χ1v) is 5.59. The first kappa shape index (κ1) is 16.7. The van der Waals surface area contributed by atoms with Gasteiger partial charge >= 0.3 is 5.97 Å². The molecule has 1 aromatic rings. The fraction of sp³-hybridized carbons (Fsp3) is 0.462. The fourth-order valence-corrected chi connectivity index (χ4v) is 1.38. The Morgan fingerprint density at radius 1 is 1.33 bits per heavy atom. The molecule has 0 aliphatic rings. The molecule has 0 saturated carbocycles. The number of halogens is 1. The van der Waals surface area contributed by atoms with Gasteiger partial charge in [-0.15, -0.1) is 0 Å². The van der Waals surface area contributed by atoms with Crippen molar-refractivity contribution < 1.29 is 26.7 Å². The first-order chi connectivity index (χ1) is 8.13. The van der Waals surface area contributed by atoms with Crippen LogP contribution in [0.15, 0.2) is 24.3 Å². The van der Waals surface area contributed by atoms with Gasteiger partial charge in [-0.25, -0.2) is 4.79 Å². The molecule has 0 aliphatic heterocycles. The number of methoxy groups -OCH3 is 1. The van der Waals surface area contributed by atoms with Crippen LogP contribution in [0.4, 0.5) is 0 Å². The number of benzene rings is 1. The van der Waals surface area contributed by atoms with Crippen LogP contribution >= 0.6 is 0 Å². The van der Waals surface area contributed by atoms with E-state index < -0.39 is 0 Å². The van der Waals surface area contributed by atoms with Gasteiger partial charge in [0, 0.05) is 6.54 Å². The number of rotatable bonds is 6. The van der Waals surface area contributed by atoms with Crippen LogP contribution in [0.5, 0.6) is 5.75 Å². The number of hydrogen-bond acceptors (Lipinski definition) is 4. The van der Waals surface area contributed by atoms with E-state index in [0.717, 1.165) is 13.0 Å². The Labute approximate surface area is 114 Å². The van der Waals surface area contributed by atoms with Crippen LogP contribution in [0.2, 0.25) is 0 Å². The summed E-state index contributed by atoms with van der Waals surface area (Å²) in [6.45, 7) is 1.35. The summed E-state index contributed by atoms with van der Waals surface area (Å²) in [5, 5.41) is 0. The van der Waals surface area contributed by atoms with Gasteiger partial charge in [-0.2, -0.15) is 0 Å². The van der Waals surface area contributed by atoms with E-state index in [4.69, 9.17) is 9.47 Å². The van der Waals surface area contributed by atoms with Gasteiger partial charge in [0.05, 0.1) is 19.3 Å². The maximum atomic E-state index is 11.7. The van der Waals surface area contributed by atoms with Crippen LogP contribution in [0.25, 0.3) is 0 Å². The summed E-state index contributed by atoms with van der Waals surface area (Å²) in [7, 11) is 5.55. The molecular weight excluding hydrogens is 254 g/mol. The third-order valence-electron chi connectivity index (χ3n) is 2.29. The normalized spacial score (nSPS) is 9.78. The summed E-state index contributed by atoms with van der Waals surface area (Å²) in [5.41, 5.74) is 0.522. The van der Waals surface area contributed by atoms with E-state index in [9.17, 15) is 4.79 Å². The molecule has 5 heteroatoms. The summed E-state index contributed by atoms with van der Waals surface area (Å²) in [6, 6.07) is 6.96. The Morgan fingerprint density at radius 3 is 2.67 bits per heavy atom. The van der Waals surface area contributed by atoms with Crippen LogP contribution in [0.1, 0.15) is 16.8 Å². The number of carbonyl (C=O) groups is 1. The average molecular weight is 273 g/mol. The van der Waals surface area contributed by atoms with Gasteiger partial charge in [0.2, 0.25) is 0 Å². The molecule has 18 heavy (non-hydrogen) atoms. The standard InChI is InChI=1S/C13H19NO3.ClH/c1-14(2)8-5-9-17-13(15)11-6-4-7-12(10-11)16-3;/h4,6-7,10H,5,8-9H2,1-3H3;1H/p-1. The zero-order valence-electron chi connectivity index (χ0n) is 11.0.